The number of hydrogen-bond donors (Lipinski definition) is 2. The van der Waals surface area contributed by atoms with E-state index >= 15 is 0 Å². The molecule has 23 heavy (non-hydrogen) atoms. The number of amides is 1. The van der Waals surface area contributed by atoms with Crippen molar-refractivity contribution in [1.29, 1.82) is 0 Å². The number of nitrogens with one attached hydrogen (secondary N) is 1. The molecule has 118 valence electrons. The van der Waals surface area contributed by atoms with Crippen LogP contribution < -0.4 is 0 Å². The van der Waals surface area contributed by atoms with Crippen LogP contribution in [0.2, 0.25) is 0 Å². The van der Waals surface area contributed by atoms with Crippen molar-refractivity contribution >= 4 is 43.9 Å². The lowest BCUT2D eigenvalue weighted by Crippen LogP contribution is -2.27. The number of carboxylic acids is 1. The number of fused-ring (bicyclic) bond motifs is 1. The van der Waals surface area contributed by atoms with Crippen LogP contribution in [0.3, 0.4) is 0 Å². The highest BCUT2D eigenvalue weighted by atomic mass is 32.2. The first-order valence-corrected chi connectivity index (χ1v) is 8.66. The monoisotopic (exact) mass is 348 g/mol. The largest absolute Gasteiger partial charge is 0.477 e. The lowest BCUT2D eigenvalue weighted by molar-refractivity contribution is 0.0701. The topological polar surface area (TPSA) is 99.2 Å². The van der Waals surface area contributed by atoms with Crippen LogP contribution in [-0.4, -0.2) is 50.4 Å². The van der Waals surface area contributed by atoms with Crippen LogP contribution in [-0.2, 0) is 0 Å². The maximum absolute atomic E-state index is 12.6. The fraction of sp³-hybridized carbons (Fsp3) is 0.286. The molecule has 3 aromatic rings. The zero-order valence-corrected chi connectivity index (χ0v) is 13.5. The molecule has 0 spiro atoms. The van der Waals surface area contributed by atoms with E-state index in [0.717, 1.165) is 21.5 Å². The first kappa shape index (κ1) is 14.3. The van der Waals surface area contributed by atoms with Gasteiger partial charge in [0.25, 0.3) is 5.91 Å². The third-order valence-corrected chi connectivity index (χ3v) is 6.33. The van der Waals surface area contributed by atoms with Crippen LogP contribution in [0, 0.1) is 0 Å². The highest BCUT2D eigenvalue weighted by Crippen LogP contribution is 2.35. The molecule has 1 unspecified atom stereocenters. The summed E-state index contributed by atoms with van der Waals surface area (Å²) in [7, 11) is 0. The summed E-state index contributed by atoms with van der Waals surface area (Å²) in [5.41, 5.74) is 0.888. The van der Waals surface area contributed by atoms with Gasteiger partial charge in [-0.2, -0.15) is 15.4 Å². The number of H-pyrrole nitrogens is 1. The van der Waals surface area contributed by atoms with Gasteiger partial charge in [-0.05, 0) is 18.6 Å². The molecule has 0 saturated carbocycles. The maximum atomic E-state index is 12.6. The lowest BCUT2D eigenvalue weighted by Gasteiger charge is -2.14. The van der Waals surface area contributed by atoms with Gasteiger partial charge in [-0.15, -0.1) is 22.7 Å². The number of rotatable bonds is 3. The van der Waals surface area contributed by atoms with Gasteiger partial charge < -0.3 is 10.0 Å². The minimum Gasteiger partial charge on any atom is -0.477 e. The second kappa shape index (κ2) is 5.43. The molecule has 0 aromatic carbocycles. The van der Waals surface area contributed by atoms with Crippen molar-refractivity contribution in [2.75, 3.05) is 13.1 Å². The van der Waals surface area contributed by atoms with E-state index in [0.29, 0.717) is 22.8 Å². The molecular formula is C14H12N4O3S2. The quantitative estimate of drug-likeness (QED) is 0.757. The highest BCUT2D eigenvalue weighted by Gasteiger charge is 2.30. The first-order valence-electron chi connectivity index (χ1n) is 7.03. The van der Waals surface area contributed by atoms with Crippen molar-refractivity contribution in [2.24, 2.45) is 0 Å². The van der Waals surface area contributed by atoms with Gasteiger partial charge in [-0.25, -0.2) is 4.79 Å². The van der Waals surface area contributed by atoms with Crippen molar-refractivity contribution in [1.82, 2.24) is 20.3 Å². The van der Waals surface area contributed by atoms with E-state index in [1.54, 1.807) is 18.3 Å². The number of carbonyl (C=O) groups excluding carboxylic acids is 1. The first-order chi connectivity index (χ1) is 11.1. The average Bonchev–Trinajstić information content (AvgIpc) is 3.26. The number of carboxylic acid groups (broad SMARTS) is 1. The Morgan fingerprint density at radius 3 is 2.78 bits per heavy atom. The normalized spacial score (nSPS) is 17.9. The van der Waals surface area contributed by atoms with Crippen molar-refractivity contribution in [3.05, 3.63) is 33.8 Å². The number of carbonyl (C=O) groups is 2. The molecule has 4 rings (SSSR count). The maximum Gasteiger partial charge on any atom is 0.345 e. The van der Waals surface area contributed by atoms with Crippen LogP contribution in [0.5, 0.6) is 0 Å². The molecule has 2 N–H and O–H groups in total. The molecule has 1 saturated heterocycles. The van der Waals surface area contributed by atoms with Gasteiger partial charge in [0.2, 0.25) is 0 Å². The third kappa shape index (κ3) is 2.51. The standard InChI is InChI=1S/C14H12N4O3S2/c19-12(18-2-1-7(6-18)9-5-15-17-16-9)10-3-8-4-11(13(20)21)23-14(8)22-10/h3-5,7H,1-2,6H2,(H,20,21)(H,15,16,17). The smallest absolute Gasteiger partial charge is 0.345 e. The lowest BCUT2D eigenvalue weighted by atomic mass is 10.1. The van der Waals surface area contributed by atoms with Crippen LogP contribution in [0.4, 0.5) is 0 Å². The Balaban J connectivity index is 1.53. The number of aromatic amines is 1. The minimum absolute atomic E-state index is 0.00118. The molecule has 1 aliphatic heterocycles. The summed E-state index contributed by atoms with van der Waals surface area (Å²) in [5.74, 6) is -0.708. The Labute approximate surface area is 138 Å². The van der Waals surface area contributed by atoms with Crippen molar-refractivity contribution in [3.8, 4) is 0 Å². The zero-order valence-electron chi connectivity index (χ0n) is 11.9. The molecule has 0 aliphatic carbocycles. The van der Waals surface area contributed by atoms with E-state index in [-0.39, 0.29) is 11.8 Å². The van der Waals surface area contributed by atoms with Gasteiger partial charge >= 0.3 is 5.97 Å². The van der Waals surface area contributed by atoms with Gasteiger partial charge in [-0.1, -0.05) is 0 Å². The Kier molecular flexibility index (Phi) is 3.38. The third-order valence-electron chi connectivity index (χ3n) is 3.96. The fourth-order valence-electron chi connectivity index (χ4n) is 2.80. The summed E-state index contributed by atoms with van der Waals surface area (Å²) in [6, 6.07) is 3.41. The predicted molar refractivity (Wildman–Crippen MR) is 86.3 cm³/mol. The molecule has 1 fully saturated rings. The molecule has 0 radical (unpaired) electrons. The molecule has 3 aromatic heterocycles. The number of thiophene rings is 2. The second-order valence-corrected chi connectivity index (χ2v) is 7.76. The predicted octanol–water partition coefficient (Wildman–Crippen LogP) is 2.41. The van der Waals surface area contributed by atoms with Crippen LogP contribution in [0.25, 0.3) is 9.40 Å². The van der Waals surface area contributed by atoms with Gasteiger partial charge in [0.15, 0.2) is 0 Å². The van der Waals surface area contributed by atoms with Crippen LogP contribution in [0.1, 0.15) is 37.4 Å². The zero-order chi connectivity index (χ0) is 16.0. The van der Waals surface area contributed by atoms with Crippen LogP contribution >= 0.6 is 22.7 Å². The molecule has 0 bridgehead atoms. The number of aromatic nitrogens is 3. The van der Waals surface area contributed by atoms with Crippen molar-refractivity contribution < 1.29 is 14.7 Å². The molecule has 1 aliphatic rings. The van der Waals surface area contributed by atoms with Gasteiger partial charge in [0.1, 0.15) is 4.88 Å². The Morgan fingerprint density at radius 2 is 2.09 bits per heavy atom. The van der Waals surface area contributed by atoms with E-state index in [1.807, 2.05) is 4.90 Å². The Hall–Kier alpha value is -2.26. The molecular weight excluding hydrogens is 336 g/mol. The highest BCUT2D eigenvalue weighted by molar-refractivity contribution is 7.39. The van der Waals surface area contributed by atoms with Crippen molar-refractivity contribution in [3.63, 3.8) is 0 Å². The summed E-state index contributed by atoms with van der Waals surface area (Å²) >= 11 is 2.57. The summed E-state index contributed by atoms with van der Waals surface area (Å²) in [5, 5.41) is 20.3. The SMILES string of the molecule is O=C(O)c1cc2cc(C(=O)N3CCC(c4cn[nH]n4)C3)sc2s1. The number of likely N-dealkylation sites (tertiary alicyclic amines) is 1. The molecule has 7 nitrogen and oxygen atoms in total. The van der Waals surface area contributed by atoms with Gasteiger partial charge in [0, 0.05) is 24.4 Å². The minimum atomic E-state index is -0.929. The number of nitrogens with zero attached hydrogens (tertiary/aromatic N) is 3. The van der Waals surface area contributed by atoms with E-state index < -0.39 is 5.97 Å². The van der Waals surface area contributed by atoms with Crippen LogP contribution in [0.15, 0.2) is 18.3 Å². The van der Waals surface area contributed by atoms with Gasteiger partial charge in [0.05, 0.1) is 20.8 Å². The number of hydrogen-bond acceptors (Lipinski definition) is 6. The summed E-state index contributed by atoms with van der Waals surface area (Å²) in [4.78, 5) is 26.4. The fourth-order valence-corrected chi connectivity index (χ4v) is 5.05. The Morgan fingerprint density at radius 1 is 1.30 bits per heavy atom. The molecule has 4 heterocycles. The molecule has 1 atom stereocenters. The molecule has 9 heteroatoms. The van der Waals surface area contributed by atoms with E-state index in [2.05, 4.69) is 15.4 Å². The Bertz CT molecular complexity index is 852. The second-order valence-electron chi connectivity index (χ2n) is 5.40. The van der Waals surface area contributed by atoms with Gasteiger partial charge in [-0.3, -0.25) is 4.79 Å². The van der Waals surface area contributed by atoms with Crippen molar-refractivity contribution in [2.45, 2.75) is 12.3 Å². The summed E-state index contributed by atoms with van der Waals surface area (Å²) < 4.78 is 0.873. The van der Waals surface area contributed by atoms with E-state index in [4.69, 9.17) is 5.11 Å². The average molecular weight is 348 g/mol. The van der Waals surface area contributed by atoms with E-state index in [1.165, 1.54) is 22.7 Å². The molecule has 1 amide bonds. The summed E-state index contributed by atoms with van der Waals surface area (Å²) in [6.45, 7) is 1.33. The van der Waals surface area contributed by atoms with E-state index in [9.17, 15) is 9.59 Å². The summed E-state index contributed by atoms with van der Waals surface area (Å²) in [6.07, 6.45) is 2.58. The number of aromatic carboxylic acids is 1.